The van der Waals surface area contributed by atoms with E-state index in [0.717, 1.165) is 21.3 Å². The van der Waals surface area contributed by atoms with Crippen LogP contribution in [-0.2, 0) is 6.61 Å². The van der Waals surface area contributed by atoms with Crippen molar-refractivity contribution >= 4 is 33.7 Å². The van der Waals surface area contributed by atoms with Crippen molar-refractivity contribution < 1.29 is 9.53 Å². The summed E-state index contributed by atoms with van der Waals surface area (Å²) in [5, 5.41) is 13.4. The second-order valence-corrected chi connectivity index (χ2v) is 8.39. The number of nitrogens with one attached hydrogen (secondary N) is 1. The van der Waals surface area contributed by atoms with Crippen LogP contribution >= 0.6 is 22.7 Å². The van der Waals surface area contributed by atoms with Gasteiger partial charge in [0, 0.05) is 5.92 Å². The summed E-state index contributed by atoms with van der Waals surface area (Å²) in [6, 6.07) is 7.86. The maximum Gasteiger partial charge on any atom is 0.269 e. The zero-order chi connectivity index (χ0) is 18.1. The van der Waals surface area contributed by atoms with Crippen LogP contribution in [0.5, 0.6) is 5.75 Å². The molecule has 4 rings (SSSR count). The Morgan fingerprint density at radius 2 is 2.12 bits per heavy atom. The molecule has 134 valence electrons. The maximum atomic E-state index is 12.5. The fourth-order valence-corrected chi connectivity index (χ4v) is 4.29. The van der Waals surface area contributed by atoms with Crippen LogP contribution in [0, 0.1) is 13.8 Å². The lowest BCUT2D eigenvalue weighted by Gasteiger charge is -2.04. The van der Waals surface area contributed by atoms with E-state index in [1.165, 1.54) is 35.5 Å². The minimum atomic E-state index is -0.194. The van der Waals surface area contributed by atoms with Gasteiger partial charge in [-0.1, -0.05) is 23.5 Å². The Bertz CT molecular complexity index is 946. The number of hydrogen-bond acceptors (Lipinski definition) is 7. The quantitative estimate of drug-likeness (QED) is 0.683. The topological polar surface area (TPSA) is 77.0 Å². The molecule has 0 saturated heterocycles. The van der Waals surface area contributed by atoms with Crippen molar-refractivity contribution in [2.24, 2.45) is 0 Å². The SMILES string of the molecule is Cc1cccc(OCc2nc(C)c(C(=O)Nc3nnc(C4CC4)s3)s2)c1. The number of nitrogens with zero attached hydrogens (tertiary/aromatic N) is 3. The van der Waals surface area contributed by atoms with Gasteiger partial charge in [-0.25, -0.2) is 4.98 Å². The second kappa shape index (κ2) is 7.13. The molecule has 0 bridgehead atoms. The van der Waals surface area contributed by atoms with Gasteiger partial charge >= 0.3 is 0 Å². The number of anilines is 1. The summed E-state index contributed by atoms with van der Waals surface area (Å²) in [5.41, 5.74) is 1.84. The van der Waals surface area contributed by atoms with Gasteiger partial charge < -0.3 is 4.74 Å². The first kappa shape index (κ1) is 17.1. The van der Waals surface area contributed by atoms with Crippen LogP contribution in [0.1, 0.15) is 49.7 Å². The molecule has 1 saturated carbocycles. The van der Waals surface area contributed by atoms with Crippen molar-refractivity contribution in [1.82, 2.24) is 15.2 Å². The molecule has 0 atom stereocenters. The molecule has 3 aromatic rings. The van der Waals surface area contributed by atoms with Gasteiger partial charge in [0.1, 0.15) is 27.2 Å². The first-order chi connectivity index (χ1) is 12.6. The van der Waals surface area contributed by atoms with Crippen LogP contribution in [-0.4, -0.2) is 21.1 Å². The number of amides is 1. The monoisotopic (exact) mass is 386 g/mol. The summed E-state index contributed by atoms with van der Waals surface area (Å²) in [4.78, 5) is 17.6. The molecule has 26 heavy (non-hydrogen) atoms. The van der Waals surface area contributed by atoms with Crippen LogP contribution in [0.15, 0.2) is 24.3 Å². The Kier molecular flexibility index (Phi) is 4.69. The fourth-order valence-electron chi connectivity index (χ4n) is 2.51. The Balaban J connectivity index is 1.40. The summed E-state index contributed by atoms with van der Waals surface area (Å²) in [6.45, 7) is 4.19. The van der Waals surface area contributed by atoms with Crippen molar-refractivity contribution in [1.29, 1.82) is 0 Å². The van der Waals surface area contributed by atoms with Crippen LogP contribution in [0.25, 0.3) is 0 Å². The van der Waals surface area contributed by atoms with Crippen molar-refractivity contribution in [3.8, 4) is 5.75 Å². The van der Waals surface area contributed by atoms with Crippen LogP contribution in [0.4, 0.5) is 5.13 Å². The maximum absolute atomic E-state index is 12.5. The third kappa shape index (κ3) is 3.91. The number of thiazole rings is 1. The second-order valence-electron chi connectivity index (χ2n) is 6.30. The highest BCUT2D eigenvalue weighted by atomic mass is 32.1. The van der Waals surface area contributed by atoms with E-state index in [4.69, 9.17) is 4.74 Å². The number of carbonyl (C=O) groups excluding carboxylic acids is 1. The lowest BCUT2D eigenvalue weighted by Crippen LogP contribution is -2.11. The zero-order valence-electron chi connectivity index (χ0n) is 14.5. The highest BCUT2D eigenvalue weighted by molar-refractivity contribution is 7.16. The molecule has 2 aromatic heterocycles. The molecule has 0 unspecified atom stereocenters. The van der Waals surface area contributed by atoms with E-state index in [1.54, 1.807) is 0 Å². The number of rotatable bonds is 6. The van der Waals surface area contributed by atoms with Crippen LogP contribution < -0.4 is 10.1 Å². The molecule has 1 aliphatic rings. The Morgan fingerprint density at radius 3 is 2.88 bits per heavy atom. The first-order valence-corrected chi connectivity index (χ1v) is 10.0. The van der Waals surface area contributed by atoms with E-state index in [0.29, 0.717) is 28.2 Å². The van der Waals surface area contributed by atoms with Gasteiger partial charge in [-0.3, -0.25) is 10.1 Å². The molecule has 0 spiro atoms. The van der Waals surface area contributed by atoms with Gasteiger partial charge in [0.25, 0.3) is 5.91 Å². The molecule has 1 N–H and O–H groups in total. The largest absolute Gasteiger partial charge is 0.486 e. The van der Waals surface area contributed by atoms with E-state index in [9.17, 15) is 4.79 Å². The predicted molar refractivity (Wildman–Crippen MR) is 102 cm³/mol. The number of aromatic nitrogens is 3. The lowest BCUT2D eigenvalue weighted by molar-refractivity contribution is 0.102. The molecule has 2 heterocycles. The minimum Gasteiger partial charge on any atom is -0.486 e. The molecular formula is C18H18N4O2S2. The number of hydrogen-bond donors (Lipinski definition) is 1. The van der Waals surface area contributed by atoms with Crippen LogP contribution in [0.3, 0.4) is 0 Å². The average Bonchev–Trinajstić information content (AvgIpc) is 3.25. The van der Waals surface area contributed by atoms with Gasteiger partial charge in [-0.2, -0.15) is 0 Å². The highest BCUT2D eigenvalue weighted by Gasteiger charge is 2.28. The van der Waals surface area contributed by atoms with Crippen molar-refractivity contribution in [3.63, 3.8) is 0 Å². The van der Waals surface area contributed by atoms with Crippen molar-refractivity contribution in [2.75, 3.05) is 5.32 Å². The normalized spacial score (nSPS) is 13.6. The summed E-state index contributed by atoms with van der Waals surface area (Å²) in [6.07, 6.45) is 2.33. The summed E-state index contributed by atoms with van der Waals surface area (Å²) in [7, 11) is 0. The Morgan fingerprint density at radius 1 is 1.27 bits per heavy atom. The smallest absolute Gasteiger partial charge is 0.269 e. The van der Waals surface area contributed by atoms with E-state index in [2.05, 4.69) is 20.5 Å². The van der Waals surface area contributed by atoms with E-state index in [-0.39, 0.29) is 5.91 Å². The van der Waals surface area contributed by atoms with Crippen molar-refractivity contribution in [3.05, 3.63) is 50.4 Å². The zero-order valence-corrected chi connectivity index (χ0v) is 16.1. The Hall–Kier alpha value is -2.32. The van der Waals surface area contributed by atoms with Gasteiger partial charge in [-0.05, 0) is 44.4 Å². The highest BCUT2D eigenvalue weighted by Crippen LogP contribution is 2.42. The summed E-state index contributed by atoms with van der Waals surface area (Å²) >= 11 is 2.80. The standard InChI is InChI=1S/C18H18N4O2S2/c1-10-4-3-5-13(8-10)24-9-14-19-11(2)15(25-14)16(23)20-18-22-21-17(26-18)12-6-7-12/h3-5,8,12H,6-7,9H2,1-2H3,(H,20,22,23). The average molecular weight is 387 g/mol. The molecule has 6 nitrogen and oxygen atoms in total. The number of aryl methyl sites for hydroxylation is 2. The third-order valence-corrected chi connectivity index (χ3v) is 6.12. The molecule has 1 amide bonds. The first-order valence-electron chi connectivity index (χ1n) is 8.39. The molecule has 8 heteroatoms. The van der Waals surface area contributed by atoms with Crippen molar-refractivity contribution in [2.45, 2.75) is 39.2 Å². The van der Waals surface area contributed by atoms with Gasteiger partial charge in [0.2, 0.25) is 5.13 Å². The van der Waals surface area contributed by atoms with E-state index in [1.807, 2.05) is 38.1 Å². The summed E-state index contributed by atoms with van der Waals surface area (Å²) in [5.74, 6) is 1.14. The third-order valence-electron chi connectivity index (χ3n) is 3.99. The fraction of sp³-hybridized carbons (Fsp3) is 0.333. The van der Waals surface area contributed by atoms with Gasteiger partial charge in [0.15, 0.2) is 0 Å². The van der Waals surface area contributed by atoms with E-state index < -0.39 is 0 Å². The molecule has 1 aliphatic carbocycles. The molecule has 0 aliphatic heterocycles. The molecule has 1 aromatic carbocycles. The van der Waals surface area contributed by atoms with Gasteiger partial charge in [-0.15, -0.1) is 21.5 Å². The number of benzene rings is 1. The lowest BCUT2D eigenvalue weighted by atomic mass is 10.2. The minimum absolute atomic E-state index is 0.194. The predicted octanol–water partition coefficient (Wildman–Crippen LogP) is 4.32. The molecule has 1 fully saturated rings. The van der Waals surface area contributed by atoms with Gasteiger partial charge in [0.05, 0.1) is 5.69 Å². The van der Waals surface area contributed by atoms with Crippen LogP contribution in [0.2, 0.25) is 0 Å². The molecular weight excluding hydrogens is 368 g/mol. The number of carbonyl (C=O) groups is 1. The van der Waals surface area contributed by atoms with E-state index >= 15 is 0 Å². The number of ether oxygens (including phenoxy) is 1. The Labute approximate surface area is 159 Å². The molecule has 0 radical (unpaired) electrons. The summed E-state index contributed by atoms with van der Waals surface area (Å²) < 4.78 is 5.77.